The Bertz CT molecular complexity index is 7540. The zero-order valence-electron chi connectivity index (χ0n) is 66.4. The summed E-state index contributed by atoms with van der Waals surface area (Å²) in [7, 11) is 0. The van der Waals surface area contributed by atoms with Gasteiger partial charge in [0, 0.05) is 60.6 Å². The number of aryl methyl sites for hydroxylation is 2. The largest absolute Gasteiger partial charge is 0.309 e. The van der Waals surface area contributed by atoms with Crippen molar-refractivity contribution in [2.75, 3.05) is 0 Å². The van der Waals surface area contributed by atoms with E-state index in [-0.39, 0.29) is 5.41 Å². The highest BCUT2D eigenvalue weighted by Crippen LogP contribution is 2.60. The van der Waals surface area contributed by atoms with Crippen LogP contribution in [0.3, 0.4) is 0 Å². The van der Waals surface area contributed by atoms with Gasteiger partial charge in [0.2, 0.25) is 0 Å². The molecule has 0 spiro atoms. The molecular weight excluding hydrogens is 1420 g/mol. The van der Waals surface area contributed by atoms with Crippen molar-refractivity contribution >= 4 is 71.0 Å². The third-order valence-electron chi connectivity index (χ3n) is 26.6. The van der Waals surface area contributed by atoms with Gasteiger partial charge < -0.3 is 13.7 Å². The first-order valence-corrected chi connectivity index (χ1v) is 41.7. The number of para-hydroxylation sites is 3. The molecule has 0 saturated heterocycles. The molecule has 0 amide bonds. The monoisotopic (exact) mass is 1510 g/mol. The molecule has 4 aliphatic carbocycles. The van der Waals surface area contributed by atoms with Crippen molar-refractivity contribution in [2.45, 2.75) is 50.9 Å². The molecule has 24 rings (SSSR count). The highest BCUT2D eigenvalue weighted by molar-refractivity contribution is 6.14. The third-order valence-corrected chi connectivity index (χ3v) is 26.6. The standard InChI is InChI=1S/C62H42N2.C53H41N/c1-41-17-14-18-42(37-41)43-19-15-24-48(38-43)63-56-30-12-9-26-50(56)53-39-44(33-35-58(53)63)45-34-36-59-54(40-45)51-27-10-13-31-57(51)64(59)60-32-16-28-52-49-25-8-11-29-55(49)62(61(52)60,46-20-4-2-5-21-46)47-22-6-3-7-23-47;1-33-19-21-34(22-20-33)35-11-10-12-38(29-35)52-43-16-5-4-13-40(43)45-30-36(23-26-44(45)52)37-24-28-51-47(31-37)42-15-7-9-18-50(42)54(51)39-25-27-49-46(32-39)41-14-6-8-17-48(41)53(49,2)3/h2-40H,1H3;4-15,17-32,43,52H,16H2,1-3H3. The van der Waals surface area contributed by atoms with Crippen LogP contribution in [-0.4, -0.2) is 13.7 Å². The minimum Gasteiger partial charge on any atom is -0.309 e. The highest BCUT2D eigenvalue weighted by Gasteiger charge is 2.48. The first kappa shape index (κ1) is 69.1. The summed E-state index contributed by atoms with van der Waals surface area (Å²) in [5.41, 5.74) is 41.7. The van der Waals surface area contributed by atoms with Crippen LogP contribution in [-0.2, 0) is 10.8 Å². The summed E-state index contributed by atoms with van der Waals surface area (Å²) in [5, 5.41) is 7.54. The molecule has 558 valence electrons. The van der Waals surface area contributed by atoms with Crippen molar-refractivity contribution in [3.63, 3.8) is 0 Å². The minimum absolute atomic E-state index is 0.00843. The maximum atomic E-state index is 2.53. The fraction of sp³-hybridized carbons (Fsp3) is 0.0783. The second kappa shape index (κ2) is 27.1. The van der Waals surface area contributed by atoms with Gasteiger partial charge in [-0.1, -0.05) is 340 Å². The zero-order chi connectivity index (χ0) is 78.5. The lowest BCUT2D eigenvalue weighted by molar-refractivity contribution is 0.617. The van der Waals surface area contributed by atoms with Gasteiger partial charge in [-0.25, -0.2) is 0 Å². The number of hydrogen-bond acceptors (Lipinski definition) is 0. The molecule has 20 aromatic rings. The fourth-order valence-electron chi connectivity index (χ4n) is 21.2. The van der Waals surface area contributed by atoms with Crippen molar-refractivity contribution in [3.8, 4) is 83.8 Å². The van der Waals surface area contributed by atoms with Gasteiger partial charge in [-0.05, 0) is 234 Å². The van der Waals surface area contributed by atoms with Crippen molar-refractivity contribution in [1.82, 2.24) is 13.7 Å². The van der Waals surface area contributed by atoms with Crippen LogP contribution in [0.15, 0.2) is 406 Å². The summed E-state index contributed by atoms with van der Waals surface area (Å²) < 4.78 is 7.41. The molecule has 118 heavy (non-hydrogen) atoms. The molecule has 4 aliphatic rings. The number of fused-ring (bicyclic) bond motifs is 18. The van der Waals surface area contributed by atoms with Gasteiger partial charge >= 0.3 is 0 Å². The van der Waals surface area contributed by atoms with E-state index < -0.39 is 5.41 Å². The molecule has 17 aromatic carbocycles. The Balaban J connectivity index is 0.000000140. The van der Waals surface area contributed by atoms with Gasteiger partial charge in [0.1, 0.15) is 0 Å². The quantitative estimate of drug-likeness (QED) is 0.130. The Labute approximate surface area is 688 Å². The Morgan fingerprint density at radius 1 is 0.288 bits per heavy atom. The van der Waals surface area contributed by atoms with Crippen LogP contribution in [0.4, 0.5) is 0 Å². The van der Waals surface area contributed by atoms with Crippen LogP contribution >= 0.6 is 0 Å². The van der Waals surface area contributed by atoms with Gasteiger partial charge in [0.05, 0.1) is 44.2 Å². The van der Waals surface area contributed by atoms with Crippen molar-refractivity contribution in [3.05, 3.63) is 468 Å². The molecule has 0 bridgehead atoms. The second-order valence-corrected chi connectivity index (χ2v) is 33.5. The fourth-order valence-corrected chi connectivity index (χ4v) is 21.2. The first-order valence-electron chi connectivity index (χ1n) is 41.7. The first-order chi connectivity index (χ1) is 58.1. The Hall–Kier alpha value is -14.4. The van der Waals surface area contributed by atoms with Gasteiger partial charge in [-0.3, -0.25) is 0 Å². The number of nitrogens with zero attached hydrogens (tertiary/aromatic N) is 3. The molecule has 0 fully saturated rings. The number of benzene rings is 17. The predicted molar refractivity (Wildman–Crippen MR) is 495 cm³/mol. The van der Waals surface area contributed by atoms with E-state index in [1.807, 2.05) is 0 Å². The Morgan fingerprint density at radius 2 is 0.754 bits per heavy atom. The molecule has 0 radical (unpaired) electrons. The van der Waals surface area contributed by atoms with Crippen LogP contribution < -0.4 is 0 Å². The topological polar surface area (TPSA) is 14.8 Å². The molecule has 3 heterocycles. The van der Waals surface area contributed by atoms with Crippen molar-refractivity contribution in [1.29, 1.82) is 0 Å². The normalized spacial score (nSPS) is 15.1. The van der Waals surface area contributed by atoms with Gasteiger partial charge in [-0.15, -0.1) is 0 Å². The molecule has 0 N–H and O–H groups in total. The average Bonchev–Trinajstić information content (AvgIpc) is 1.52. The van der Waals surface area contributed by atoms with Crippen molar-refractivity contribution < 1.29 is 0 Å². The van der Waals surface area contributed by atoms with Crippen molar-refractivity contribution in [2.24, 2.45) is 5.92 Å². The second-order valence-electron chi connectivity index (χ2n) is 33.5. The van der Waals surface area contributed by atoms with Gasteiger partial charge in [0.15, 0.2) is 0 Å². The lowest BCUT2D eigenvalue weighted by Crippen LogP contribution is -2.29. The molecule has 0 saturated carbocycles. The van der Waals surface area contributed by atoms with E-state index >= 15 is 0 Å². The molecule has 0 aliphatic heterocycles. The minimum atomic E-state index is -0.529. The molecular formula is C115H83N3. The van der Waals surface area contributed by atoms with E-state index in [2.05, 4.69) is 448 Å². The summed E-state index contributed by atoms with van der Waals surface area (Å²) >= 11 is 0. The van der Waals surface area contributed by atoms with E-state index in [1.165, 1.54) is 210 Å². The Kier molecular flexibility index (Phi) is 15.9. The summed E-state index contributed by atoms with van der Waals surface area (Å²) in [4.78, 5) is 0. The zero-order valence-corrected chi connectivity index (χ0v) is 66.4. The van der Waals surface area contributed by atoms with Crippen LogP contribution in [0.5, 0.6) is 0 Å². The smallest absolute Gasteiger partial charge is 0.0734 e. The summed E-state index contributed by atoms with van der Waals surface area (Å²) in [6.45, 7) is 9.01. The van der Waals surface area contributed by atoms with E-state index in [4.69, 9.17) is 0 Å². The average molecular weight is 1510 g/mol. The number of allylic oxidation sites excluding steroid dienone is 4. The van der Waals surface area contributed by atoms with E-state index in [9.17, 15) is 0 Å². The van der Waals surface area contributed by atoms with Crippen LogP contribution in [0.1, 0.15) is 87.4 Å². The van der Waals surface area contributed by atoms with Crippen LogP contribution in [0.2, 0.25) is 0 Å². The van der Waals surface area contributed by atoms with E-state index in [0.29, 0.717) is 11.8 Å². The van der Waals surface area contributed by atoms with Crippen LogP contribution in [0.25, 0.3) is 155 Å². The van der Waals surface area contributed by atoms with Gasteiger partial charge in [-0.2, -0.15) is 0 Å². The molecule has 3 nitrogen and oxygen atoms in total. The summed E-state index contributed by atoms with van der Waals surface area (Å²) in [5.74, 6) is 0.778. The molecule has 3 heteroatoms. The third kappa shape index (κ3) is 10.7. The van der Waals surface area contributed by atoms with Gasteiger partial charge in [0.25, 0.3) is 0 Å². The van der Waals surface area contributed by atoms with E-state index in [1.54, 1.807) is 0 Å². The summed E-state index contributed by atoms with van der Waals surface area (Å²) in [6, 6.07) is 145. The lowest BCUT2D eigenvalue weighted by Gasteiger charge is -2.35. The lowest BCUT2D eigenvalue weighted by atomic mass is 9.67. The maximum Gasteiger partial charge on any atom is 0.0734 e. The van der Waals surface area contributed by atoms with E-state index in [0.717, 1.165) is 12.1 Å². The predicted octanol–water partition coefficient (Wildman–Crippen LogP) is 29.7. The maximum absolute atomic E-state index is 2.53. The number of rotatable bonds is 10. The summed E-state index contributed by atoms with van der Waals surface area (Å²) in [6.07, 6.45) is 8.04. The highest BCUT2D eigenvalue weighted by atomic mass is 15.0. The Morgan fingerprint density at radius 3 is 1.39 bits per heavy atom. The molecule has 3 aromatic heterocycles. The SMILES string of the molecule is Cc1ccc(-c2cccc(C3c4ccc(-c5ccc6c(c5)c5ccccc5n6-c5ccc6c(c5)-c5ccccc5C6(C)C)cc4C4=CC=CCC43)c2)cc1.Cc1cccc(-c2cccc(-n3c4ccccc4c4cc(-c5ccc6c(c5)c5ccccc5n6-c5cccc6c5C(c5ccccc5)(c5ccccc5)c5ccccc5-6)ccc43)c2)c1. The molecule has 2 unspecified atom stereocenters. The number of aromatic nitrogens is 3. The van der Waals surface area contributed by atoms with Crippen LogP contribution in [0, 0.1) is 19.8 Å². The molecule has 2 atom stereocenters. The number of hydrogen-bond donors (Lipinski definition) is 0.